The highest BCUT2D eigenvalue weighted by molar-refractivity contribution is 6.22. The van der Waals surface area contributed by atoms with Crippen molar-refractivity contribution in [2.45, 2.75) is 38.5 Å². The number of halogens is 1. The van der Waals surface area contributed by atoms with Gasteiger partial charge in [0, 0.05) is 19.5 Å². The summed E-state index contributed by atoms with van der Waals surface area (Å²) in [7, 11) is 0. The maximum atomic E-state index is 11.4. The lowest BCUT2D eigenvalue weighted by atomic mass is 10.0. The van der Waals surface area contributed by atoms with Gasteiger partial charge in [-0.1, -0.05) is 26.7 Å². The zero-order chi connectivity index (χ0) is 9.84. The molecule has 0 spiro atoms. The van der Waals surface area contributed by atoms with Gasteiger partial charge in [-0.3, -0.25) is 4.79 Å². The number of carbonyl (C=O) groups excluding carboxylic acids is 1. The van der Waals surface area contributed by atoms with Gasteiger partial charge in [0.2, 0.25) is 5.91 Å². The average molecular weight is 204 g/mol. The Hall–Kier alpha value is -0.240. The maximum Gasteiger partial charge on any atom is 0.224 e. The third-order valence-corrected chi connectivity index (χ3v) is 3.09. The first-order valence-electron chi connectivity index (χ1n) is 5.09. The van der Waals surface area contributed by atoms with Gasteiger partial charge in [-0.25, -0.2) is 0 Å². The molecule has 76 valence electrons. The maximum absolute atomic E-state index is 11.4. The first kappa shape index (κ1) is 10.8. The number of likely N-dealkylation sites (tertiary alicyclic amines) is 1. The molecule has 1 aliphatic heterocycles. The Morgan fingerprint density at radius 1 is 1.54 bits per heavy atom. The van der Waals surface area contributed by atoms with E-state index >= 15 is 0 Å². The molecule has 0 bridgehead atoms. The number of alkyl halides is 1. The van der Waals surface area contributed by atoms with Crippen LogP contribution in [0.4, 0.5) is 0 Å². The molecule has 0 N–H and O–H groups in total. The van der Waals surface area contributed by atoms with E-state index in [0.717, 1.165) is 25.9 Å². The lowest BCUT2D eigenvalue weighted by Crippen LogP contribution is -2.30. The van der Waals surface area contributed by atoms with Crippen molar-refractivity contribution < 1.29 is 4.79 Å². The van der Waals surface area contributed by atoms with Gasteiger partial charge >= 0.3 is 0 Å². The van der Waals surface area contributed by atoms with Gasteiger partial charge in [-0.2, -0.15) is 0 Å². The van der Waals surface area contributed by atoms with Gasteiger partial charge in [-0.05, 0) is 5.92 Å². The van der Waals surface area contributed by atoms with Crippen LogP contribution in [0.1, 0.15) is 33.1 Å². The number of hydrogen-bond acceptors (Lipinski definition) is 1. The molecule has 0 aromatic carbocycles. The van der Waals surface area contributed by atoms with Crippen molar-refractivity contribution in [3.8, 4) is 0 Å². The summed E-state index contributed by atoms with van der Waals surface area (Å²) in [4.78, 5) is 13.3. The Kier molecular flexibility index (Phi) is 4.04. The quantitative estimate of drug-likeness (QED) is 0.642. The second kappa shape index (κ2) is 4.85. The van der Waals surface area contributed by atoms with E-state index in [9.17, 15) is 4.79 Å². The highest BCUT2D eigenvalue weighted by Gasteiger charge is 2.28. The van der Waals surface area contributed by atoms with Crippen LogP contribution < -0.4 is 0 Å². The number of hydrogen-bond donors (Lipinski definition) is 0. The average Bonchev–Trinajstić information content (AvgIpc) is 2.41. The van der Waals surface area contributed by atoms with Crippen molar-refractivity contribution in [3.63, 3.8) is 0 Å². The fraction of sp³-hybridized carbons (Fsp3) is 0.900. The molecule has 1 fully saturated rings. The van der Waals surface area contributed by atoms with Crippen molar-refractivity contribution in [3.05, 3.63) is 0 Å². The number of carbonyl (C=O) groups is 1. The molecule has 2 nitrogen and oxygen atoms in total. The summed E-state index contributed by atoms with van der Waals surface area (Å²) in [6.07, 6.45) is 2.82. The molecule has 1 heterocycles. The summed E-state index contributed by atoms with van der Waals surface area (Å²) in [6.45, 7) is 5.99. The summed E-state index contributed by atoms with van der Waals surface area (Å²) < 4.78 is 0. The fourth-order valence-electron chi connectivity index (χ4n) is 1.76. The summed E-state index contributed by atoms with van der Waals surface area (Å²) >= 11 is 5.91. The van der Waals surface area contributed by atoms with Crippen LogP contribution in [-0.2, 0) is 4.79 Å². The first-order chi connectivity index (χ1) is 6.17. The summed E-state index contributed by atoms with van der Waals surface area (Å²) in [5.74, 6) is 0.873. The van der Waals surface area contributed by atoms with Crippen LogP contribution in [0.25, 0.3) is 0 Å². The van der Waals surface area contributed by atoms with E-state index in [1.54, 1.807) is 0 Å². The van der Waals surface area contributed by atoms with Crippen LogP contribution in [0.3, 0.4) is 0 Å². The lowest BCUT2D eigenvalue weighted by Gasteiger charge is -2.21. The minimum Gasteiger partial charge on any atom is -0.341 e. The van der Waals surface area contributed by atoms with Gasteiger partial charge in [0.25, 0.3) is 0 Å². The lowest BCUT2D eigenvalue weighted by molar-refractivity contribution is -0.128. The van der Waals surface area contributed by atoms with E-state index in [1.165, 1.54) is 0 Å². The summed E-state index contributed by atoms with van der Waals surface area (Å²) in [5, 5.41) is 0.0434. The summed E-state index contributed by atoms with van der Waals surface area (Å²) in [5.41, 5.74) is 0. The Balaban J connectivity index is 2.40. The van der Waals surface area contributed by atoms with E-state index in [0.29, 0.717) is 12.3 Å². The van der Waals surface area contributed by atoms with Crippen LogP contribution >= 0.6 is 11.6 Å². The van der Waals surface area contributed by atoms with E-state index in [4.69, 9.17) is 11.6 Å². The monoisotopic (exact) mass is 203 g/mol. The van der Waals surface area contributed by atoms with Crippen LogP contribution in [0, 0.1) is 5.92 Å². The third kappa shape index (κ3) is 2.87. The van der Waals surface area contributed by atoms with Crippen LogP contribution in [0.2, 0.25) is 0 Å². The smallest absolute Gasteiger partial charge is 0.224 e. The highest BCUT2D eigenvalue weighted by Crippen LogP contribution is 2.19. The second-order valence-corrected chi connectivity index (χ2v) is 4.40. The molecule has 1 amide bonds. The predicted molar refractivity (Wildman–Crippen MR) is 54.9 cm³/mol. The van der Waals surface area contributed by atoms with Crippen molar-refractivity contribution >= 4 is 17.5 Å². The minimum absolute atomic E-state index is 0.0434. The van der Waals surface area contributed by atoms with Gasteiger partial charge in [-0.15, -0.1) is 11.6 Å². The van der Waals surface area contributed by atoms with Crippen molar-refractivity contribution in [1.29, 1.82) is 0 Å². The third-order valence-electron chi connectivity index (χ3n) is 2.80. The second-order valence-electron chi connectivity index (χ2n) is 3.78. The molecule has 0 aromatic rings. The topological polar surface area (TPSA) is 20.3 Å². The number of nitrogens with zero attached hydrogens (tertiary/aromatic N) is 1. The normalized spacial score (nSPS) is 23.2. The van der Waals surface area contributed by atoms with Gasteiger partial charge in [0.05, 0.1) is 5.38 Å². The molecule has 13 heavy (non-hydrogen) atoms. The van der Waals surface area contributed by atoms with Crippen molar-refractivity contribution in [2.75, 3.05) is 13.1 Å². The molecule has 3 heteroatoms. The molecule has 0 saturated carbocycles. The van der Waals surface area contributed by atoms with Crippen LogP contribution in [0.15, 0.2) is 0 Å². The van der Waals surface area contributed by atoms with E-state index < -0.39 is 0 Å². The molecule has 0 radical (unpaired) electrons. The number of amides is 1. The Labute approximate surface area is 85.2 Å². The fourth-order valence-corrected chi connectivity index (χ4v) is 2.06. The SMILES string of the molecule is CCC(CC)CN1CC(Cl)CC1=O. The van der Waals surface area contributed by atoms with Gasteiger partial charge in [0.1, 0.15) is 0 Å². The first-order valence-corrected chi connectivity index (χ1v) is 5.52. The van der Waals surface area contributed by atoms with E-state index in [2.05, 4.69) is 13.8 Å². The molecular formula is C10H18ClNO. The molecular weight excluding hydrogens is 186 g/mol. The standard InChI is InChI=1S/C10H18ClNO/c1-3-8(4-2)6-12-7-9(11)5-10(12)13/h8-9H,3-7H2,1-2H3. The molecule has 1 rings (SSSR count). The molecule has 1 aliphatic rings. The zero-order valence-corrected chi connectivity index (χ0v) is 9.18. The van der Waals surface area contributed by atoms with Gasteiger partial charge < -0.3 is 4.90 Å². The zero-order valence-electron chi connectivity index (χ0n) is 8.42. The largest absolute Gasteiger partial charge is 0.341 e. The number of rotatable bonds is 4. The van der Waals surface area contributed by atoms with E-state index in [1.807, 2.05) is 4.90 Å². The Bertz CT molecular complexity index is 180. The molecule has 1 atom stereocenters. The highest BCUT2D eigenvalue weighted by atomic mass is 35.5. The predicted octanol–water partition coefficient (Wildman–Crippen LogP) is 2.26. The van der Waals surface area contributed by atoms with Crippen molar-refractivity contribution in [2.24, 2.45) is 5.92 Å². The van der Waals surface area contributed by atoms with E-state index in [-0.39, 0.29) is 11.3 Å². The Morgan fingerprint density at radius 3 is 2.54 bits per heavy atom. The Morgan fingerprint density at radius 2 is 2.15 bits per heavy atom. The van der Waals surface area contributed by atoms with Gasteiger partial charge in [0.15, 0.2) is 0 Å². The molecule has 0 aliphatic carbocycles. The van der Waals surface area contributed by atoms with Crippen LogP contribution in [-0.4, -0.2) is 29.3 Å². The molecule has 1 saturated heterocycles. The van der Waals surface area contributed by atoms with Crippen molar-refractivity contribution in [1.82, 2.24) is 4.90 Å². The summed E-state index contributed by atoms with van der Waals surface area (Å²) in [6, 6.07) is 0. The van der Waals surface area contributed by atoms with Crippen LogP contribution in [0.5, 0.6) is 0 Å². The molecule has 0 aromatic heterocycles. The molecule has 1 unspecified atom stereocenters. The minimum atomic E-state index is 0.0434.